The lowest BCUT2D eigenvalue weighted by atomic mass is 10.1. The Morgan fingerprint density at radius 2 is 1.89 bits per heavy atom. The van der Waals surface area contributed by atoms with Gasteiger partial charge in [-0.25, -0.2) is 12.8 Å². The molecule has 108 valence electrons. The zero-order valence-electron chi connectivity index (χ0n) is 11.6. The molecule has 1 unspecified atom stereocenters. The second-order valence-electron chi connectivity index (χ2n) is 4.92. The maximum atomic E-state index is 13.3. The van der Waals surface area contributed by atoms with Crippen LogP contribution in [0.15, 0.2) is 23.1 Å². The number of hydrogen-bond donors (Lipinski definition) is 1. The summed E-state index contributed by atoms with van der Waals surface area (Å²) in [5.74, 6) is -0.446. The Kier molecular flexibility index (Phi) is 5.06. The molecule has 0 aliphatic rings. The first-order valence-electron chi connectivity index (χ1n) is 6.09. The molecule has 0 amide bonds. The molecule has 0 fully saturated rings. The molecule has 0 aliphatic carbocycles. The summed E-state index contributed by atoms with van der Waals surface area (Å²) in [5, 5.41) is 9.00. The summed E-state index contributed by atoms with van der Waals surface area (Å²) < 4.78 is 39.3. The van der Waals surface area contributed by atoms with Crippen molar-refractivity contribution in [3.63, 3.8) is 0 Å². The zero-order valence-corrected chi connectivity index (χ0v) is 12.4. The smallest absolute Gasteiger partial charge is 0.243 e. The van der Waals surface area contributed by atoms with E-state index in [4.69, 9.17) is 5.11 Å². The van der Waals surface area contributed by atoms with Crippen LogP contribution in [0, 0.1) is 11.7 Å². The van der Waals surface area contributed by atoms with Crippen LogP contribution in [0.5, 0.6) is 0 Å². The van der Waals surface area contributed by atoms with Gasteiger partial charge in [-0.2, -0.15) is 4.31 Å². The molecule has 0 saturated carbocycles. The lowest BCUT2D eigenvalue weighted by Crippen LogP contribution is -2.38. The zero-order chi connectivity index (χ0) is 14.8. The van der Waals surface area contributed by atoms with Crippen LogP contribution >= 0.6 is 0 Å². The molecule has 0 aromatic heterocycles. The lowest BCUT2D eigenvalue weighted by molar-refractivity contribution is 0.275. The fraction of sp³-hybridized carbons (Fsp3) is 0.538. The standard InChI is InChI=1S/C13H20FNO3S/c1-9(2)10(3)15(4)19(17,18)12-5-6-13(14)11(7-12)8-16/h5-7,9-10,16H,8H2,1-4H3. The molecule has 0 spiro atoms. The largest absolute Gasteiger partial charge is 0.392 e. The van der Waals surface area contributed by atoms with E-state index in [9.17, 15) is 12.8 Å². The summed E-state index contributed by atoms with van der Waals surface area (Å²) >= 11 is 0. The van der Waals surface area contributed by atoms with E-state index >= 15 is 0 Å². The maximum Gasteiger partial charge on any atom is 0.243 e. The van der Waals surface area contributed by atoms with Crippen molar-refractivity contribution in [3.8, 4) is 0 Å². The Balaban J connectivity index is 3.20. The van der Waals surface area contributed by atoms with Crippen molar-refractivity contribution in [2.45, 2.75) is 38.3 Å². The molecular formula is C13H20FNO3S. The molecule has 0 radical (unpaired) electrons. The third-order valence-corrected chi connectivity index (χ3v) is 5.34. The van der Waals surface area contributed by atoms with E-state index in [1.54, 1.807) is 0 Å². The number of aliphatic hydroxyl groups excluding tert-OH is 1. The van der Waals surface area contributed by atoms with Crippen molar-refractivity contribution in [1.29, 1.82) is 0 Å². The molecule has 19 heavy (non-hydrogen) atoms. The highest BCUT2D eigenvalue weighted by atomic mass is 32.2. The second-order valence-corrected chi connectivity index (χ2v) is 6.91. The Morgan fingerprint density at radius 3 is 2.37 bits per heavy atom. The van der Waals surface area contributed by atoms with Crippen LogP contribution in [0.25, 0.3) is 0 Å². The lowest BCUT2D eigenvalue weighted by Gasteiger charge is -2.27. The van der Waals surface area contributed by atoms with Crippen molar-refractivity contribution in [2.75, 3.05) is 7.05 Å². The van der Waals surface area contributed by atoms with Crippen LogP contribution < -0.4 is 0 Å². The molecule has 6 heteroatoms. The van der Waals surface area contributed by atoms with Gasteiger partial charge in [0.1, 0.15) is 5.82 Å². The average Bonchev–Trinajstić information content (AvgIpc) is 2.36. The first-order chi connectivity index (χ1) is 8.71. The molecule has 1 aromatic carbocycles. The predicted molar refractivity (Wildman–Crippen MR) is 71.6 cm³/mol. The minimum atomic E-state index is -3.68. The first kappa shape index (κ1) is 16.1. The Bertz CT molecular complexity index is 543. The summed E-state index contributed by atoms with van der Waals surface area (Å²) in [4.78, 5) is -0.00653. The summed E-state index contributed by atoms with van der Waals surface area (Å²) in [6.07, 6.45) is 0. The van der Waals surface area contributed by atoms with E-state index < -0.39 is 22.4 Å². The quantitative estimate of drug-likeness (QED) is 0.901. The highest BCUT2D eigenvalue weighted by Crippen LogP contribution is 2.22. The minimum absolute atomic E-state index is 0.00653. The number of nitrogens with zero attached hydrogens (tertiary/aromatic N) is 1. The third kappa shape index (κ3) is 3.32. The SMILES string of the molecule is CC(C)C(C)N(C)S(=O)(=O)c1ccc(F)c(CO)c1. The van der Waals surface area contributed by atoms with E-state index in [0.717, 1.165) is 6.07 Å². The summed E-state index contributed by atoms with van der Waals surface area (Å²) in [6.45, 7) is 5.15. The van der Waals surface area contributed by atoms with E-state index in [0.29, 0.717) is 0 Å². The predicted octanol–water partition coefficient (Wildman–Crippen LogP) is 1.98. The van der Waals surface area contributed by atoms with Gasteiger partial charge in [0, 0.05) is 18.7 Å². The van der Waals surface area contributed by atoms with Gasteiger partial charge in [-0.15, -0.1) is 0 Å². The monoisotopic (exact) mass is 289 g/mol. The number of aliphatic hydroxyl groups is 1. The number of benzene rings is 1. The van der Waals surface area contributed by atoms with Gasteiger partial charge in [-0.05, 0) is 31.0 Å². The van der Waals surface area contributed by atoms with Crippen LogP contribution in [0.1, 0.15) is 26.3 Å². The highest BCUT2D eigenvalue weighted by molar-refractivity contribution is 7.89. The van der Waals surface area contributed by atoms with Gasteiger partial charge in [0.05, 0.1) is 11.5 Å². The molecular weight excluding hydrogens is 269 g/mol. The second kappa shape index (κ2) is 5.98. The van der Waals surface area contributed by atoms with Crippen molar-refractivity contribution >= 4 is 10.0 Å². The molecule has 0 heterocycles. The maximum absolute atomic E-state index is 13.3. The van der Waals surface area contributed by atoms with Crippen molar-refractivity contribution in [1.82, 2.24) is 4.31 Å². The molecule has 1 aromatic rings. The number of sulfonamides is 1. The van der Waals surface area contributed by atoms with E-state index in [2.05, 4.69) is 0 Å². The van der Waals surface area contributed by atoms with Gasteiger partial charge in [-0.3, -0.25) is 0 Å². The fourth-order valence-corrected chi connectivity index (χ4v) is 3.18. The normalized spacial score (nSPS) is 14.1. The molecule has 1 atom stereocenters. The first-order valence-corrected chi connectivity index (χ1v) is 7.53. The van der Waals surface area contributed by atoms with Crippen molar-refractivity contribution in [3.05, 3.63) is 29.6 Å². The van der Waals surface area contributed by atoms with Crippen molar-refractivity contribution in [2.24, 2.45) is 5.92 Å². The van der Waals surface area contributed by atoms with E-state index in [1.165, 1.54) is 23.5 Å². The van der Waals surface area contributed by atoms with Gasteiger partial charge in [0.25, 0.3) is 0 Å². The molecule has 0 saturated heterocycles. The Labute approximate surface area is 113 Å². The van der Waals surface area contributed by atoms with Gasteiger partial charge < -0.3 is 5.11 Å². The Morgan fingerprint density at radius 1 is 1.32 bits per heavy atom. The van der Waals surface area contributed by atoms with Crippen LogP contribution in [0.3, 0.4) is 0 Å². The molecule has 4 nitrogen and oxygen atoms in total. The highest BCUT2D eigenvalue weighted by Gasteiger charge is 2.27. The van der Waals surface area contributed by atoms with E-state index in [-0.39, 0.29) is 22.4 Å². The van der Waals surface area contributed by atoms with E-state index in [1.807, 2.05) is 20.8 Å². The van der Waals surface area contributed by atoms with Crippen LogP contribution in [-0.4, -0.2) is 30.9 Å². The van der Waals surface area contributed by atoms with Gasteiger partial charge >= 0.3 is 0 Å². The minimum Gasteiger partial charge on any atom is -0.392 e. The molecule has 1 rings (SSSR count). The van der Waals surface area contributed by atoms with Gasteiger partial charge in [0.2, 0.25) is 10.0 Å². The summed E-state index contributed by atoms with van der Waals surface area (Å²) in [7, 11) is -2.18. The average molecular weight is 289 g/mol. The fourth-order valence-electron chi connectivity index (χ4n) is 1.64. The Hall–Kier alpha value is -0.980. The van der Waals surface area contributed by atoms with Crippen LogP contribution in [0.4, 0.5) is 4.39 Å². The number of halogens is 1. The van der Waals surface area contributed by atoms with Gasteiger partial charge in [0.15, 0.2) is 0 Å². The topological polar surface area (TPSA) is 57.6 Å². The summed E-state index contributed by atoms with van der Waals surface area (Å²) in [5.41, 5.74) is -0.0216. The van der Waals surface area contributed by atoms with Crippen molar-refractivity contribution < 1.29 is 17.9 Å². The van der Waals surface area contributed by atoms with Gasteiger partial charge in [-0.1, -0.05) is 13.8 Å². The summed E-state index contributed by atoms with van der Waals surface area (Å²) in [6, 6.07) is 3.28. The van der Waals surface area contributed by atoms with Crippen LogP contribution in [0.2, 0.25) is 0 Å². The molecule has 1 N–H and O–H groups in total. The molecule has 0 aliphatic heterocycles. The number of rotatable bonds is 5. The van der Waals surface area contributed by atoms with Crippen LogP contribution in [-0.2, 0) is 16.6 Å². The third-order valence-electron chi connectivity index (χ3n) is 3.40. The number of hydrogen-bond acceptors (Lipinski definition) is 3. The molecule has 0 bridgehead atoms.